The average molecular weight is 248 g/mol. The molecule has 3 N–H and O–H groups in total. The molecule has 1 aromatic heterocycles. The lowest BCUT2D eigenvalue weighted by molar-refractivity contribution is 0.0690. The van der Waals surface area contributed by atoms with Gasteiger partial charge >= 0.3 is 5.97 Å². The number of carboxylic acid groups (broad SMARTS) is 1. The average Bonchev–Trinajstić information content (AvgIpc) is 2.39. The number of nitrogens with zero attached hydrogens (tertiary/aromatic N) is 3. The molecule has 1 aromatic rings. The van der Waals surface area contributed by atoms with Crippen molar-refractivity contribution in [2.45, 2.75) is 6.10 Å². The number of carboxylic acids is 1. The van der Waals surface area contributed by atoms with Crippen molar-refractivity contribution >= 4 is 17.5 Å². The van der Waals surface area contributed by atoms with E-state index in [0.717, 1.165) is 0 Å². The van der Waals surface area contributed by atoms with Crippen LogP contribution in [0.4, 0.5) is 11.5 Å². The van der Waals surface area contributed by atoms with Crippen LogP contribution in [0.15, 0.2) is 12.1 Å². The number of carbonyl (C=O) groups is 1. The zero-order valence-electron chi connectivity index (χ0n) is 9.54. The minimum absolute atomic E-state index is 0.0702. The van der Waals surface area contributed by atoms with E-state index in [1.54, 1.807) is 4.90 Å². The van der Waals surface area contributed by atoms with Crippen LogP contribution < -0.4 is 10.6 Å². The number of nitrogens with two attached hydrogens (primary N) is 1. The summed E-state index contributed by atoms with van der Waals surface area (Å²) in [5.41, 5.74) is 6.10. The minimum atomic E-state index is -1.11. The molecule has 94 valence electrons. The lowest BCUT2D eigenvalue weighted by Crippen LogP contribution is -2.42. The molecule has 1 saturated heterocycles. The molecule has 7 heteroatoms. The molecule has 1 unspecified atom stereocenters. The van der Waals surface area contributed by atoms with Crippen molar-refractivity contribution in [3.05, 3.63) is 17.8 Å². The molecule has 7 nitrogen and oxygen atoms in total. The maximum absolute atomic E-state index is 10.9. The topological polar surface area (TPSA) is 112 Å². The second kappa shape index (κ2) is 4.89. The summed E-state index contributed by atoms with van der Waals surface area (Å²) < 4.78 is 5.21. The molecule has 1 aliphatic heterocycles. The number of aromatic nitrogens is 1. The van der Waals surface area contributed by atoms with Gasteiger partial charge in [-0.25, -0.2) is 9.78 Å². The quantitative estimate of drug-likeness (QED) is 0.762. The van der Waals surface area contributed by atoms with E-state index in [-0.39, 0.29) is 5.69 Å². The van der Waals surface area contributed by atoms with Crippen LogP contribution in [0.5, 0.6) is 0 Å². The summed E-state index contributed by atoms with van der Waals surface area (Å²) in [7, 11) is 0. The number of anilines is 2. The maximum atomic E-state index is 10.9. The van der Waals surface area contributed by atoms with Crippen molar-refractivity contribution < 1.29 is 14.6 Å². The monoisotopic (exact) mass is 248 g/mol. The van der Waals surface area contributed by atoms with Crippen LogP contribution in [0.2, 0.25) is 0 Å². The van der Waals surface area contributed by atoms with Crippen molar-refractivity contribution in [3.63, 3.8) is 0 Å². The number of hydrogen-bond donors (Lipinski definition) is 2. The summed E-state index contributed by atoms with van der Waals surface area (Å²) in [6.07, 6.45) is -0.548. The first-order chi connectivity index (χ1) is 8.61. The lowest BCUT2D eigenvalue weighted by Gasteiger charge is -2.31. The Hall–Kier alpha value is -2.33. The highest BCUT2D eigenvalue weighted by atomic mass is 16.5. The fraction of sp³-hybridized carbons (Fsp3) is 0.364. The number of aromatic carboxylic acids is 1. The number of ether oxygens (including phenoxy) is 1. The van der Waals surface area contributed by atoms with Crippen molar-refractivity contribution in [2.75, 3.05) is 30.3 Å². The molecule has 0 radical (unpaired) electrons. The van der Waals surface area contributed by atoms with Gasteiger partial charge in [0, 0.05) is 6.54 Å². The fourth-order valence-corrected chi connectivity index (χ4v) is 1.75. The van der Waals surface area contributed by atoms with Gasteiger partial charge in [0.25, 0.3) is 0 Å². The Morgan fingerprint density at radius 3 is 3.11 bits per heavy atom. The van der Waals surface area contributed by atoms with Crippen LogP contribution >= 0.6 is 0 Å². The molecule has 0 spiro atoms. The van der Waals surface area contributed by atoms with Crippen molar-refractivity contribution in [2.24, 2.45) is 0 Å². The third kappa shape index (κ3) is 2.33. The van der Waals surface area contributed by atoms with Gasteiger partial charge in [-0.15, -0.1) is 0 Å². The van der Waals surface area contributed by atoms with Gasteiger partial charge in [-0.2, -0.15) is 5.26 Å². The van der Waals surface area contributed by atoms with Crippen LogP contribution in [0.1, 0.15) is 10.5 Å². The molecule has 2 rings (SSSR count). The third-order valence-corrected chi connectivity index (χ3v) is 2.63. The van der Waals surface area contributed by atoms with Gasteiger partial charge in [0.1, 0.15) is 0 Å². The van der Waals surface area contributed by atoms with Crippen LogP contribution in [-0.4, -0.2) is 41.9 Å². The zero-order chi connectivity index (χ0) is 13.1. The summed E-state index contributed by atoms with van der Waals surface area (Å²) in [4.78, 5) is 16.6. The fourth-order valence-electron chi connectivity index (χ4n) is 1.75. The van der Waals surface area contributed by atoms with E-state index in [2.05, 4.69) is 4.98 Å². The maximum Gasteiger partial charge on any atom is 0.354 e. The molecule has 0 saturated carbocycles. The summed E-state index contributed by atoms with van der Waals surface area (Å²) in [5, 5.41) is 17.7. The second-order valence-corrected chi connectivity index (χ2v) is 3.85. The van der Waals surface area contributed by atoms with Crippen molar-refractivity contribution in [1.82, 2.24) is 4.98 Å². The van der Waals surface area contributed by atoms with E-state index >= 15 is 0 Å². The Kier molecular flexibility index (Phi) is 3.30. The molecule has 0 bridgehead atoms. The highest BCUT2D eigenvalue weighted by Crippen LogP contribution is 2.23. The number of nitrogen functional groups attached to an aromatic ring is 1. The molecule has 0 aromatic carbocycles. The predicted octanol–water partition coefficient (Wildman–Crippen LogP) is 0.0908. The van der Waals surface area contributed by atoms with Gasteiger partial charge in [0.15, 0.2) is 17.6 Å². The van der Waals surface area contributed by atoms with Crippen LogP contribution in [0.25, 0.3) is 0 Å². The normalized spacial score (nSPS) is 19.3. The molecular formula is C11H12N4O3. The van der Waals surface area contributed by atoms with Crippen LogP contribution in [0.3, 0.4) is 0 Å². The number of rotatable bonds is 2. The molecule has 1 fully saturated rings. The van der Waals surface area contributed by atoms with Gasteiger partial charge in [0.2, 0.25) is 0 Å². The van der Waals surface area contributed by atoms with E-state index in [9.17, 15) is 4.79 Å². The van der Waals surface area contributed by atoms with E-state index < -0.39 is 12.1 Å². The zero-order valence-corrected chi connectivity index (χ0v) is 9.54. The Bertz CT molecular complexity index is 512. The SMILES string of the molecule is N#CC1CN(c2nc(C(=O)O)ccc2N)CCO1. The summed E-state index contributed by atoms with van der Waals surface area (Å²) >= 11 is 0. The van der Waals surface area contributed by atoms with E-state index in [4.69, 9.17) is 20.8 Å². The van der Waals surface area contributed by atoms with E-state index in [0.29, 0.717) is 31.2 Å². The van der Waals surface area contributed by atoms with Gasteiger partial charge in [-0.3, -0.25) is 0 Å². The van der Waals surface area contributed by atoms with E-state index in [1.807, 2.05) is 6.07 Å². The highest BCUT2D eigenvalue weighted by Gasteiger charge is 2.23. The first-order valence-corrected chi connectivity index (χ1v) is 5.38. The highest BCUT2D eigenvalue weighted by molar-refractivity contribution is 5.87. The summed E-state index contributed by atoms with van der Waals surface area (Å²) in [5.74, 6) is -0.722. The van der Waals surface area contributed by atoms with Crippen molar-refractivity contribution in [1.29, 1.82) is 5.26 Å². The molecular weight excluding hydrogens is 236 g/mol. The lowest BCUT2D eigenvalue weighted by atomic mass is 10.2. The largest absolute Gasteiger partial charge is 0.477 e. The molecule has 1 aliphatic rings. The number of pyridine rings is 1. The van der Waals surface area contributed by atoms with Gasteiger partial charge in [-0.05, 0) is 12.1 Å². The Labute approximate surface area is 103 Å². The minimum Gasteiger partial charge on any atom is -0.477 e. The van der Waals surface area contributed by atoms with Crippen LogP contribution in [-0.2, 0) is 4.74 Å². The summed E-state index contributed by atoms with van der Waals surface area (Å²) in [6, 6.07) is 4.86. The molecule has 2 heterocycles. The number of morpholine rings is 1. The molecule has 0 amide bonds. The third-order valence-electron chi connectivity index (χ3n) is 2.63. The first kappa shape index (κ1) is 12.1. The molecule has 0 aliphatic carbocycles. The standard InChI is InChI=1S/C11H12N4O3/c12-5-7-6-15(3-4-18-7)10-8(13)1-2-9(14-10)11(16)17/h1-2,7H,3-4,6,13H2,(H,16,17). The Morgan fingerprint density at radius 2 is 2.44 bits per heavy atom. The first-order valence-electron chi connectivity index (χ1n) is 5.38. The van der Waals surface area contributed by atoms with Gasteiger partial charge in [-0.1, -0.05) is 0 Å². The van der Waals surface area contributed by atoms with E-state index in [1.165, 1.54) is 12.1 Å². The number of hydrogen-bond acceptors (Lipinski definition) is 6. The predicted molar refractivity (Wildman–Crippen MR) is 63.2 cm³/mol. The van der Waals surface area contributed by atoms with Crippen LogP contribution in [0, 0.1) is 11.3 Å². The Morgan fingerprint density at radius 1 is 1.67 bits per heavy atom. The Balaban J connectivity index is 2.29. The summed E-state index contributed by atoms with van der Waals surface area (Å²) in [6.45, 7) is 1.24. The van der Waals surface area contributed by atoms with Crippen molar-refractivity contribution in [3.8, 4) is 6.07 Å². The van der Waals surface area contributed by atoms with Gasteiger partial charge in [0.05, 0.1) is 24.9 Å². The molecule has 1 atom stereocenters. The molecule has 18 heavy (non-hydrogen) atoms. The smallest absolute Gasteiger partial charge is 0.354 e. The number of nitriles is 1. The second-order valence-electron chi connectivity index (χ2n) is 3.85. The van der Waals surface area contributed by atoms with Gasteiger partial charge < -0.3 is 20.5 Å².